The van der Waals surface area contributed by atoms with Gasteiger partial charge < -0.3 is 11.1 Å². The summed E-state index contributed by atoms with van der Waals surface area (Å²) in [4.78, 5) is 31.5. The maximum Gasteiger partial charge on any atom is 0.272 e. The maximum atomic E-state index is 12.4. The summed E-state index contributed by atoms with van der Waals surface area (Å²) in [6, 6.07) is 7.75. The number of carbonyl (C=O) groups is 2. The Hall–Kier alpha value is -2.80. The molecule has 2 heterocycles. The monoisotopic (exact) mass is 326 g/mol. The first-order valence-corrected chi connectivity index (χ1v) is 7.83. The fraction of sp³-hybridized carbons (Fsp3) is 0.125. The first kappa shape index (κ1) is 15.1. The van der Waals surface area contributed by atoms with E-state index in [2.05, 4.69) is 15.3 Å². The Morgan fingerprint density at radius 2 is 1.87 bits per heavy atom. The number of nitrogens with two attached hydrogens (primary N) is 1. The van der Waals surface area contributed by atoms with Crippen molar-refractivity contribution < 1.29 is 9.59 Å². The van der Waals surface area contributed by atoms with Crippen molar-refractivity contribution in [1.82, 2.24) is 15.3 Å². The molecule has 0 saturated carbocycles. The van der Waals surface area contributed by atoms with Gasteiger partial charge in [0.1, 0.15) is 0 Å². The van der Waals surface area contributed by atoms with Gasteiger partial charge in [0.15, 0.2) is 11.4 Å². The second-order valence-electron chi connectivity index (χ2n) is 5.00. The van der Waals surface area contributed by atoms with E-state index < -0.39 is 11.8 Å². The van der Waals surface area contributed by atoms with Crippen molar-refractivity contribution in [2.75, 3.05) is 0 Å². The predicted molar refractivity (Wildman–Crippen MR) is 88.3 cm³/mol. The third-order valence-electron chi connectivity index (χ3n) is 3.47. The Kier molecular flexibility index (Phi) is 4.03. The molecule has 2 amide bonds. The lowest BCUT2D eigenvalue weighted by Gasteiger charge is -2.14. The molecule has 6 nitrogen and oxygen atoms in total. The predicted octanol–water partition coefficient (Wildman–Crippen LogP) is 2.28. The van der Waals surface area contributed by atoms with E-state index in [4.69, 9.17) is 5.73 Å². The zero-order valence-corrected chi connectivity index (χ0v) is 13.1. The van der Waals surface area contributed by atoms with Crippen molar-refractivity contribution in [3.05, 3.63) is 59.0 Å². The smallest absolute Gasteiger partial charge is 0.272 e. The topological polar surface area (TPSA) is 98.0 Å². The zero-order chi connectivity index (χ0) is 16.4. The molecule has 7 heteroatoms. The molecule has 0 spiro atoms. The summed E-state index contributed by atoms with van der Waals surface area (Å²) in [5.41, 5.74) is 6.05. The number of hydrogen-bond donors (Lipinski definition) is 2. The first-order chi connectivity index (χ1) is 11.1. The molecule has 2 aromatic heterocycles. The molecule has 23 heavy (non-hydrogen) atoms. The van der Waals surface area contributed by atoms with Gasteiger partial charge in [0, 0.05) is 17.1 Å². The number of carbonyl (C=O) groups excluding carboxylic acids is 2. The van der Waals surface area contributed by atoms with Crippen molar-refractivity contribution in [3.63, 3.8) is 0 Å². The minimum atomic E-state index is -0.781. The third-order valence-corrected chi connectivity index (χ3v) is 4.45. The van der Waals surface area contributed by atoms with E-state index in [0.717, 1.165) is 15.6 Å². The number of primary amides is 1. The number of nitrogens with one attached hydrogen (secondary N) is 1. The summed E-state index contributed by atoms with van der Waals surface area (Å²) in [6.45, 7) is 1.88. The molecule has 116 valence electrons. The van der Waals surface area contributed by atoms with E-state index in [0.29, 0.717) is 0 Å². The van der Waals surface area contributed by atoms with E-state index >= 15 is 0 Å². The SMILES string of the molecule is C[C@H](NC(=O)c1nccnc1C(N)=O)c1csc2ccccc12. The summed E-state index contributed by atoms with van der Waals surface area (Å²) >= 11 is 1.62. The lowest BCUT2D eigenvalue weighted by Crippen LogP contribution is -2.30. The lowest BCUT2D eigenvalue weighted by molar-refractivity contribution is 0.0917. The van der Waals surface area contributed by atoms with Crippen LogP contribution in [0.5, 0.6) is 0 Å². The molecule has 3 aromatic rings. The van der Waals surface area contributed by atoms with Crippen LogP contribution in [0.2, 0.25) is 0 Å². The Bertz CT molecular complexity index is 890. The van der Waals surface area contributed by atoms with Gasteiger partial charge >= 0.3 is 0 Å². The van der Waals surface area contributed by atoms with Crippen LogP contribution < -0.4 is 11.1 Å². The van der Waals surface area contributed by atoms with Gasteiger partial charge in [-0.25, -0.2) is 9.97 Å². The van der Waals surface area contributed by atoms with Gasteiger partial charge in [-0.15, -0.1) is 11.3 Å². The Balaban J connectivity index is 1.87. The average molecular weight is 326 g/mol. The molecular formula is C16H14N4O2S. The van der Waals surface area contributed by atoms with E-state index in [1.165, 1.54) is 12.4 Å². The molecule has 0 bridgehead atoms. The number of benzene rings is 1. The minimum Gasteiger partial charge on any atom is -0.364 e. The molecule has 0 unspecified atom stereocenters. The largest absolute Gasteiger partial charge is 0.364 e. The highest BCUT2D eigenvalue weighted by Crippen LogP contribution is 2.30. The van der Waals surface area contributed by atoms with Crippen LogP contribution >= 0.6 is 11.3 Å². The molecule has 1 atom stereocenters. The zero-order valence-electron chi connectivity index (χ0n) is 12.3. The quantitative estimate of drug-likeness (QED) is 0.768. The molecule has 3 N–H and O–H groups in total. The van der Waals surface area contributed by atoms with Crippen LogP contribution in [0, 0.1) is 0 Å². The van der Waals surface area contributed by atoms with Gasteiger partial charge in [-0.3, -0.25) is 9.59 Å². The van der Waals surface area contributed by atoms with Gasteiger partial charge in [0.05, 0.1) is 6.04 Å². The van der Waals surface area contributed by atoms with E-state index in [-0.39, 0.29) is 17.4 Å². The van der Waals surface area contributed by atoms with Crippen LogP contribution in [-0.2, 0) is 0 Å². The highest BCUT2D eigenvalue weighted by Gasteiger charge is 2.21. The molecule has 1 aromatic carbocycles. The van der Waals surface area contributed by atoms with E-state index in [1.807, 2.05) is 36.6 Å². The van der Waals surface area contributed by atoms with E-state index in [1.54, 1.807) is 11.3 Å². The van der Waals surface area contributed by atoms with Crippen molar-refractivity contribution in [1.29, 1.82) is 0 Å². The number of rotatable bonds is 4. The number of amides is 2. The van der Waals surface area contributed by atoms with Gasteiger partial charge in [0.25, 0.3) is 11.8 Å². The van der Waals surface area contributed by atoms with Crippen LogP contribution in [0.4, 0.5) is 0 Å². The lowest BCUT2D eigenvalue weighted by atomic mass is 10.1. The number of hydrogen-bond acceptors (Lipinski definition) is 5. The molecular weight excluding hydrogens is 312 g/mol. The number of aromatic nitrogens is 2. The molecule has 0 aliphatic rings. The fourth-order valence-corrected chi connectivity index (χ4v) is 3.42. The Labute approximate surface area is 136 Å². The summed E-state index contributed by atoms with van der Waals surface area (Å²) < 4.78 is 1.15. The summed E-state index contributed by atoms with van der Waals surface area (Å²) in [7, 11) is 0. The van der Waals surface area contributed by atoms with Gasteiger partial charge in [-0.1, -0.05) is 18.2 Å². The Morgan fingerprint density at radius 3 is 2.61 bits per heavy atom. The second kappa shape index (κ2) is 6.13. The molecule has 3 rings (SSSR count). The van der Waals surface area contributed by atoms with Crippen molar-refractivity contribution in [2.45, 2.75) is 13.0 Å². The summed E-state index contributed by atoms with van der Waals surface area (Å²) in [6.07, 6.45) is 2.68. The van der Waals surface area contributed by atoms with Crippen LogP contribution in [0.15, 0.2) is 42.0 Å². The molecule has 0 saturated heterocycles. The Morgan fingerprint density at radius 1 is 1.17 bits per heavy atom. The fourth-order valence-electron chi connectivity index (χ4n) is 2.36. The average Bonchev–Trinajstić information content (AvgIpc) is 2.98. The van der Waals surface area contributed by atoms with Crippen molar-refractivity contribution >= 4 is 33.2 Å². The molecule has 0 aliphatic heterocycles. The standard InChI is InChI=1S/C16H14N4O2S/c1-9(11-8-23-12-5-3-2-4-10(11)12)20-16(22)14-13(15(17)21)18-6-7-19-14/h2-9H,1H3,(H2,17,21)(H,20,22)/t9-/m0/s1. The van der Waals surface area contributed by atoms with E-state index in [9.17, 15) is 9.59 Å². The highest BCUT2D eigenvalue weighted by molar-refractivity contribution is 7.17. The van der Waals surface area contributed by atoms with Crippen LogP contribution in [0.25, 0.3) is 10.1 Å². The maximum absolute atomic E-state index is 12.4. The van der Waals surface area contributed by atoms with Gasteiger partial charge in [-0.05, 0) is 29.3 Å². The van der Waals surface area contributed by atoms with Crippen molar-refractivity contribution in [3.8, 4) is 0 Å². The molecule has 0 aliphatic carbocycles. The number of fused-ring (bicyclic) bond motifs is 1. The highest BCUT2D eigenvalue weighted by atomic mass is 32.1. The van der Waals surface area contributed by atoms with Crippen LogP contribution in [0.3, 0.4) is 0 Å². The number of thiophene rings is 1. The van der Waals surface area contributed by atoms with Crippen LogP contribution in [0.1, 0.15) is 39.5 Å². The molecule has 0 radical (unpaired) electrons. The minimum absolute atomic E-state index is 0.0635. The second-order valence-corrected chi connectivity index (χ2v) is 5.91. The molecule has 0 fully saturated rings. The normalized spacial score (nSPS) is 12.0. The van der Waals surface area contributed by atoms with Crippen LogP contribution in [-0.4, -0.2) is 21.8 Å². The van der Waals surface area contributed by atoms with Crippen molar-refractivity contribution in [2.24, 2.45) is 5.73 Å². The summed E-state index contributed by atoms with van der Waals surface area (Å²) in [5, 5.41) is 5.96. The van der Waals surface area contributed by atoms with Gasteiger partial charge in [0.2, 0.25) is 0 Å². The number of nitrogens with zero attached hydrogens (tertiary/aromatic N) is 2. The third kappa shape index (κ3) is 2.91. The first-order valence-electron chi connectivity index (χ1n) is 6.95. The summed E-state index contributed by atoms with van der Waals surface area (Å²) in [5.74, 6) is -1.26. The van der Waals surface area contributed by atoms with Gasteiger partial charge in [-0.2, -0.15) is 0 Å².